The fourth-order valence-electron chi connectivity index (χ4n) is 1.13. The molecule has 0 fully saturated rings. The number of anilines is 1. The minimum atomic E-state index is -0.523. The molecule has 0 amide bonds. The van der Waals surface area contributed by atoms with Gasteiger partial charge in [-0.25, -0.2) is 4.39 Å². The maximum absolute atomic E-state index is 12.9. The highest BCUT2D eigenvalue weighted by molar-refractivity contribution is 9.09. The third-order valence-electron chi connectivity index (χ3n) is 1.72. The van der Waals surface area contributed by atoms with Crippen LogP contribution in [0.5, 0.6) is 5.75 Å². The van der Waals surface area contributed by atoms with E-state index >= 15 is 0 Å². The molecule has 0 aliphatic rings. The number of carbonyl (C=O) groups is 1. The molecule has 0 spiro atoms. The highest BCUT2D eigenvalue weighted by Gasteiger charge is 2.16. The van der Waals surface area contributed by atoms with Crippen LogP contribution in [-0.2, 0) is 0 Å². The van der Waals surface area contributed by atoms with Crippen LogP contribution in [0.25, 0.3) is 0 Å². The lowest BCUT2D eigenvalue weighted by Crippen LogP contribution is -2.07. The van der Waals surface area contributed by atoms with E-state index in [9.17, 15) is 9.18 Å². The number of benzene rings is 1. The number of ether oxygens (including phenoxy) is 1. The van der Waals surface area contributed by atoms with Gasteiger partial charge < -0.3 is 10.5 Å². The van der Waals surface area contributed by atoms with Gasteiger partial charge in [0.25, 0.3) is 0 Å². The first-order chi connectivity index (χ1) is 6.60. The summed E-state index contributed by atoms with van der Waals surface area (Å²) in [6.45, 7) is 0. The van der Waals surface area contributed by atoms with Crippen molar-refractivity contribution in [3.8, 4) is 5.75 Å². The molecule has 0 aromatic heterocycles. The number of carbonyl (C=O) groups excluding carboxylic acids is 1. The maximum Gasteiger partial charge on any atom is 0.179 e. The highest BCUT2D eigenvalue weighted by Crippen LogP contribution is 2.26. The topological polar surface area (TPSA) is 52.3 Å². The second kappa shape index (κ2) is 4.41. The number of nitrogen functional groups attached to an aromatic ring is 1. The van der Waals surface area contributed by atoms with E-state index in [-0.39, 0.29) is 28.1 Å². The third-order valence-corrected chi connectivity index (χ3v) is 2.23. The molecule has 5 heteroatoms. The summed E-state index contributed by atoms with van der Waals surface area (Å²) in [5.41, 5.74) is 5.82. The molecule has 1 aromatic carbocycles. The number of hydrogen-bond donors (Lipinski definition) is 1. The molecule has 3 nitrogen and oxygen atoms in total. The molecule has 0 saturated heterocycles. The van der Waals surface area contributed by atoms with Crippen LogP contribution < -0.4 is 10.5 Å². The van der Waals surface area contributed by atoms with Crippen LogP contribution in [-0.4, -0.2) is 18.2 Å². The molecule has 0 unspecified atom stereocenters. The standard InChI is InChI=1S/C9H9BrFNO2/c1-14-8-3-5(11)2-6(12)9(8)7(13)4-10/h2-3H,4,12H2,1H3. The van der Waals surface area contributed by atoms with Crippen molar-refractivity contribution < 1.29 is 13.9 Å². The Morgan fingerprint density at radius 1 is 1.64 bits per heavy atom. The van der Waals surface area contributed by atoms with Crippen molar-refractivity contribution in [3.63, 3.8) is 0 Å². The second-order valence-electron chi connectivity index (χ2n) is 2.63. The number of methoxy groups -OCH3 is 1. The van der Waals surface area contributed by atoms with Crippen molar-refractivity contribution in [2.45, 2.75) is 0 Å². The van der Waals surface area contributed by atoms with E-state index in [2.05, 4.69) is 15.9 Å². The second-order valence-corrected chi connectivity index (χ2v) is 3.19. The molecule has 0 aliphatic carbocycles. The number of rotatable bonds is 3. The van der Waals surface area contributed by atoms with Crippen LogP contribution in [0.3, 0.4) is 0 Å². The summed E-state index contributed by atoms with van der Waals surface area (Å²) in [6.07, 6.45) is 0. The summed E-state index contributed by atoms with van der Waals surface area (Å²) in [7, 11) is 1.36. The van der Waals surface area contributed by atoms with Gasteiger partial charge in [0.15, 0.2) is 5.78 Å². The van der Waals surface area contributed by atoms with Crippen molar-refractivity contribution >= 4 is 27.4 Å². The molecule has 0 heterocycles. The summed E-state index contributed by atoms with van der Waals surface area (Å²) in [5, 5.41) is 0.124. The van der Waals surface area contributed by atoms with Crippen molar-refractivity contribution in [3.05, 3.63) is 23.5 Å². The Morgan fingerprint density at radius 2 is 2.29 bits per heavy atom. The predicted molar refractivity (Wildman–Crippen MR) is 55.5 cm³/mol. The van der Waals surface area contributed by atoms with E-state index in [1.165, 1.54) is 7.11 Å². The van der Waals surface area contributed by atoms with Crippen LogP contribution >= 0.6 is 15.9 Å². The van der Waals surface area contributed by atoms with Gasteiger partial charge in [0.05, 0.1) is 18.0 Å². The van der Waals surface area contributed by atoms with Crippen LogP contribution in [0.15, 0.2) is 12.1 Å². The molecule has 2 N–H and O–H groups in total. The van der Waals surface area contributed by atoms with E-state index in [0.717, 1.165) is 12.1 Å². The van der Waals surface area contributed by atoms with E-state index in [0.29, 0.717) is 0 Å². The van der Waals surface area contributed by atoms with Crippen molar-refractivity contribution in [1.82, 2.24) is 0 Å². The van der Waals surface area contributed by atoms with Crippen molar-refractivity contribution in [2.24, 2.45) is 0 Å². The van der Waals surface area contributed by atoms with Crippen LogP contribution in [0.2, 0.25) is 0 Å². The summed E-state index contributed by atoms with van der Waals surface area (Å²) >= 11 is 3.01. The van der Waals surface area contributed by atoms with Gasteiger partial charge in [-0.2, -0.15) is 0 Å². The predicted octanol–water partition coefficient (Wildman–Crippen LogP) is 1.99. The lowest BCUT2D eigenvalue weighted by Gasteiger charge is -2.09. The summed E-state index contributed by atoms with van der Waals surface area (Å²) in [5.74, 6) is -0.600. The van der Waals surface area contributed by atoms with Gasteiger partial charge in [0.2, 0.25) is 0 Å². The minimum Gasteiger partial charge on any atom is -0.496 e. The molecule has 0 saturated carbocycles. The Morgan fingerprint density at radius 3 is 2.79 bits per heavy atom. The Kier molecular flexibility index (Phi) is 3.46. The molecule has 0 bridgehead atoms. The smallest absolute Gasteiger partial charge is 0.179 e. The molecular weight excluding hydrogens is 253 g/mol. The molecule has 1 rings (SSSR count). The molecule has 0 aliphatic heterocycles. The third kappa shape index (κ3) is 2.04. The number of halogens is 2. The molecular formula is C9H9BrFNO2. The summed E-state index contributed by atoms with van der Waals surface area (Å²) in [6, 6.07) is 2.23. The van der Waals surface area contributed by atoms with Gasteiger partial charge in [0.1, 0.15) is 11.6 Å². The fourth-order valence-corrected chi connectivity index (χ4v) is 1.41. The largest absolute Gasteiger partial charge is 0.496 e. The number of nitrogens with two attached hydrogens (primary N) is 1. The van der Waals surface area contributed by atoms with E-state index in [4.69, 9.17) is 10.5 Å². The van der Waals surface area contributed by atoms with Gasteiger partial charge in [-0.15, -0.1) is 0 Å². The van der Waals surface area contributed by atoms with Gasteiger partial charge in [0, 0.05) is 11.8 Å². The van der Waals surface area contributed by atoms with Crippen LogP contribution in [0, 0.1) is 5.82 Å². The lowest BCUT2D eigenvalue weighted by molar-refractivity contribution is 0.102. The molecule has 1 aromatic rings. The SMILES string of the molecule is COc1cc(F)cc(N)c1C(=O)CBr. The molecule has 0 radical (unpaired) electrons. The van der Waals surface area contributed by atoms with Gasteiger partial charge in [-0.3, -0.25) is 4.79 Å². The van der Waals surface area contributed by atoms with Gasteiger partial charge >= 0.3 is 0 Å². The Hall–Kier alpha value is -1.10. The Bertz CT molecular complexity index is 368. The maximum atomic E-state index is 12.9. The quantitative estimate of drug-likeness (QED) is 0.515. The Balaban J connectivity index is 3.32. The average Bonchev–Trinajstić information content (AvgIpc) is 2.15. The number of hydrogen-bond acceptors (Lipinski definition) is 3. The average molecular weight is 262 g/mol. The minimum absolute atomic E-state index is 0.0892. The van der Waals surface area contributed by atoms with Gasteiger partial charge in [-0.1, -0.05) is 15.9 Å². The number of alkyl halides is 1. The number of Topliss-reactive ketones (excluding diaryl/α,β-unsaturated/α-hetero) is 1. The van der Waals surface area contributed by atoms with Gasteiger partial charge in [-0.05, 0) is 6.07 Å². The van der Waals surface area contributed by atoms with E-state index in [1.54, 1.807) is 0 Å². The fraction of sp³-hybridized carbons (Fsp3) is 0.222. The normalized spacial score (nSPS) is 9.93. The monoisotopic (exact) mass is 261 g/mol. The van der Waals surface area contributed by atoms with E-state index in [1.807, 2.05) is 0 Å². The highest BCUT2D eigenvalue weighted by atomic mass is 79.9. The molecule has 76 valence electrons. The zero-order chi connectivity index (χ0) is 10.7. The first kappa shape index (κ1) is 11.0. The molecule has 14 heavy (non-hydrogen) atoms. The summed E-state index contributed by atoms with van der Waals surface area (Å²) < 4.78 is 17.7. The summed E-state index contributed by atoms with van der Waals surface area (Å²) in [4.78, 5) is 11.4. The lowest BCUT2D eigenvalue weighted by atomic mass is 10.1. The zero-order valence-electron chi connectivity index (χ0n) is 7.51. The van der Waals surface area contributed by atoms with Crippen LogP contribution in [0.4, 0.5) is 10.1 Å². The Labute approximate surface area is 89.2 Å². The molecule has 0 atom stereocenters. The van der Waals surface area contributed by atoms with Crippen LogP contribution in [0.1, 0.15) is 10.4 Å². The zero-order valence-corrected chi connectivity index (χ0v) is 9.10. The van der Waals surface area contributed by atoms with Crippen molar-refractivity contribution in [1.29, 1.82) is 0 Å². The first-order valence-electron chi connectivity index (χ1n) is 3.82. The van der Waals surface area contributed by atoms with E-state index < -0.39 is 5.82 Å². The first-order valence-corrected chi connectivity index (χ1v) is 4.94. The number of ketones is 1. The van der Waals surface area contributed by atoms with Crippen molar-refractivity contribution in [2.75, 3.05) is 18.2 Å².